The molecule has 1 atom stereocenters. The molecule has 13 heteroatoms. The van der Waals surface area contributed by atoms with Gasteiger partial charge in [0.05, 0.1) is 37.3 Å². The topological polar surface area (TPSA) is 150 Å². The molecule has 3 aromatic heterocycles. The van der Waals surface area contributed by atoms with E-state index in [0.717, 1.165) is 11.3 Å². The fourth-order valence-corrected chi connectivity index (χ4v) is 4.21. The lowest BCUT2D eigenvalue weighted by Gasteiger charge is -2.26. The Morgan fingerprint density at radius 2 is 2.11 bits per heavy atom. The van der Waals surface area contributed by atoms with E-state index in [-0.39, 0.29) is 24.7 Å². The summed E-state index contributed by atoms with van der Waals surface area (Å²) in [7, 11) is 0. The van der Waals surface area contributed by atoms with Crippen LogP contribution in [0, 0.1) is 0 Å². The van der Waals surface area contributed by atoms with Crippen molar-refractivity contribution >= 4 is 23.6 Å². The summed E-state index contributed by atoms with van der Waals surface area (Å²) >= 11 is 0. The molecular formula is C25H25N7O6. The molecule has 3 aromatic rings. The zero-order chi connectivity index (χ0) is 25.9. The zero-order valence-corrected chi connectivity index (χ0v) is 20.3. The summed E-state index contributed by atoms with van der Waals surface area (Å²) < 4.78 is 21.8. The molecule has 6 heterocycles. The number of cyclic esters (lactones) is 1. The molecule has 0 spiro atoms. The molecular weight excluding hydrogens is 494 g/mol. The van der Waals surface area contributed by atoms with Gasteiger partial charge in [-0.25, -0.2) is 9.78 Å². The lowest BCUT2D eigenvalue weighted by atomic mass is 10.1. The van der Waals surface area contributed by atoms with E-state index < -0.39 is 6.09 Å². The summed E-state index contributed by atoms with van der Waals surface area (Å²) in [5, 5.41) is 14.3. The molecule has 3 aliphatic heterocycles. The minimum absolute atomic E-state index is 0.0541. The first-order valence-corrected chi connectivity index (χ1v) is 12.3. The molecule has 2 fully saturated rings. The van der Waals surface area contributed by atoms with E-state index in [2.05, 4.69) is 30.8 Å². The normalized spacial score (nSPS) is 18.7. The summed E-state index contributed by atoms with van der Waals surface area (Å²) in [4.78, 5) is 34.2. The molecule has 196 valence electrons. The van der Waals surface area contributed by atoms with E-state index in [9.17, 15) is 9.59 Å². The lowest BCUT2D eigenvalue weighted by Crippen LogP contribution is -2.38. The smallest absolute Gasteiger partial charge is 0.415 e. The third-order valence-corrected chi connectivity index (χ3v) is 6.21. The molecule has 0 aliphatic carbocycles. The number of hydrogen-bond donors (Lipinski definition) is 2. The van der Waals surface area contributed by atoms with Crippen LogP contribution in [0.3, 0.4) is 0 Å². The molecule has 2 N–H and O–H groups in total. The van der Waals surface area contributed by atoms with E-state index in [1.54, 1.807) is 24.5 Å². The number of carbonyl (C=O) groups excluding carboxylic acids is 2. The highest BCUT2D eigenvalue weighted by atomic mass is 16.6. The van der Waals surface area contributed by atoms with Crippen molar-refractivity contribution in [3.8, 4) is 22.8 Å². The van der Waals surface area contributed by atoms with Crippen molar-refractivity contribution in [2.24, 2.45) is 0 Å². The van der Waals surface area contributed by atoms with Crippen molar-refractivity contribution in [2.75, 3.05) is 43.1 Å². The van der Waals surface area contributed by atoms with Crippen molar-refractivity contribution in [1.29, 1.82) is 0 Å². The Bertz CT molecular complexity index is 1350. The quantitative estimate of drug-likeness (QED) is 0.396. The largest absolute Gasteiger partial charge is 0.484 e. The van der Waals surface area contributed by atoms with Crippen molar-refractivity contribution in [2.45, 2.75) is 25.2 Å². The number of hydrogen-bond acceptors (Lipinski definition) is 11. The van der Waals surface area contributed by atoms with Gasteiger partial charge in [-0.15, -0.1) is 0 Å². The minimum Gasteiger partial charge on any atom is -0.484 e. The second kappa shape index (κ2) is 10.6. The van der Waals surface area contributed by atoms with Crippen molar-refractivity contribution in [1.82, 2.24) is 25.5 Å². The van der Waals surface area contributed by atoms with Gasteiger partial charge in [-0.1, -0.05) is 0 Å². The molecule has 0 radical (unpaired) electrons. The molecule has 3 aliphatic rings. The Kier molecular flexibility index (Phi) is 6.67. The lowest BCUT2D eigenvalue weighted by molar-refractivity contribution is -0.118. The van der Waals surface area contributed by atoms with Crippen LogP contribution in [-0.2, 0) is 20.8 Å². The predicted octanol–water partition coefficient (Wildman–Crippen LogP) is 1.55. The Labute approximate surface area is 217 Å². The number of carbonyl (C=O) groups is 2. The average molecular weight is 520 g/mol. The Morgan fingerprint density at radius 3 is 2.97 bits per heavy atom. The van der Waals surface area contributed by atoms with Crippen LogP contribution in [0.25, 0.3) is 11.3 Å². The third-order valence-electron chi connectivity index (χ3n) is 6.21. The number of nitrogens with one attached hydrogen (secondary N) is 2. The number of ether oxygens (including phenoxy) is 4. The van der Waals surface area contributed by atoms with Crippen LogP contribution in [0.5, 0.6) is 11.5 Å². The maximum absolute atomic E-state index is 12.4. The maximum atomic E-state index is 12.4. The van der Waals surface area contributed by atoms with Gasteiger partial charge in [0.2, 0.25) is 0 Å². The number of nitrogens with zero attached hydrogens (tertiary/aromatic N) is 5. The summed E-state index contributed by atoms with van der Waals surface area (Å²) in [5.74, 6) is 1.53. The van der Waals surface area contributed by atoms with Crippen LogP contribution in [0.1, 0.15) is 12.1 Å². The van der Waals surface area contributed by atoms with Gasteiger partial charge in [0.25, 0.3) is 5.91 Å². The first-order valence-electron chi connectivity index (χ1n) is 12.3. The van der Waals surface area contributed by atoms with Crippen LogP contribution >= 0.6 is 0 Å². The average Bonchev–Trinajstić information content (AvgIpc) is 3.29. The van der Waals surface area contributed by atoms with E-state index in [4.69, 9.17) is 18.9 Å². The molecule has 13 nitrogen and oxygen atoms in total. The fraction of sp³-hybridized carbons (Fsp3) is 0.360. The van der Waals surface area contributed by atoms with E-state index in [1.165, 1.54) is 4.90 Å². The summed E-state index contributed by atoms with van der Waals surface area (Å²) in [6.45, 7) is 2.63. The van der Waals surface area contributed by atoms with Gasteiger partial charge in [-0.3, -0.25) is 14.7 Å². The van der Waals surface area contributed by atoms with Crippen LogP contribution in [0.2, 0.25) is 0 Å². The molecule has 2 amide bonds. The standard InChI is InChI=1S/C25H25N7O6/c33-23-14-36-21-1-2-22(29-24(21)30-23)32-11-17(38-25(32)34)4-5-26-9-16-7-15(3-6-27-16)20-8-18(10-28-31-20)37-19-12-35-13-19/h1-3,6-8,10,17,19,26H,4-5,9,11-14H2,(H,29,30,33). The summed E-state index contributed by atoms with van der Waals surface area (Å²) in [5.41, 5.74) is 2.43. The van der Waals surface area contributed by atoms with E-state index >= 15 is 0 Å². The van der Waals surface area contributed by atoms with E-state index in [1.807, 2.05) is 18.2 Å². The van der Waals surface area contributed by atoms with Gasteiger partial charge < -0.3 is 29.6 Å². The summed E-state index contributed by atoms with van der Waals surface area (Å²) in [6, 6.07) is 9.04. The maximum Gasteiger partial charge on any atom is 0.415 e. The molecule has 2 saturated heterocycles. The minimum atomic E-state index is -0.475. The number of rotatable bonds is 9. The number of amides is 2. The summed E-state index contributed by atoms with van der Waals surface area (Å²) in [6.07, 6.45) is 3.23. The zero-order valence-electron chi connectivity index (χ0n) is 20.3. The molecule has 0 bridgehead atoms. The Balaban J connectivity index is 1.00. The second-order valence-electron chi connectivity index (χ2n) is 9.02. The molecule has 38 heavy (non-hydrogen) atoms. The van der Waals surface area contributed by atoms with Gasteiger partial charge in [-0.05, 0) is 37.2 Å². The SMILES string of the molecule is O=C1COc2ccc(N3CC(CCNCc4cc(-c5cc(OC6COC6)cnn5)ccn4)OC3=O)nc2N1. The van der Waals surface area contributed by atoms with Gasteiger partial charge in [0.1, 0.15) is 23.8 Å². The van der Waals surface area contributed by atoms with Crippen molar-refractivity contribution in [3.63, 3.8) is 0 Å². The van der Waals surface area contributed by atoms with Gasteiger partial charge in [0.15, 0.2) is 18.2 Å². The highest BCUT2D eigenvalue weighted by Crippen LogP contribution is 2.30. The molecule has 6 rings (SSSR count). The van der Waals surface area contributed by atoms with Crippen LogP contribution in [0.4, 0.5) is 16.4 Å². The molecule has 0 saturated carbocycles. The molecule has 0 aromatic carbocycles. The van der Waals surface area contributed by atoms with Gasteiger partial charge in [-0.2, -0.15) is 10.2 Å². The Morgan fingerprint density at radius 1 is 1.18 bits per heavy atom. The van der Waals surface area contributed by atoms with Crippen molar-refractivity contribution < 1.29 is 28.5 Å². The highest BCUT2D eigenvalue weighted by Gasteiger charge is 2.33. The van der Waals surface area contributed by atoms with Crippen LogP contribution in [0.15, 0.2) is 42.7 Å². The van der Waals surface area contributed by atoms with Crippen LogP contribution < -0.4 is 25.0 Å². The number of anilines is 2. The number of pyridine rings is 2. The number of aromatic nitrogens is 4. The molecule has 1 unspecified atom stereocenters. The first-order chi connectivity index (χ1) is 18.6. The van der Waals surface area contributed by atoms with E-state index in [0.29, 0.717) is 68.1 Å². The highest BCUT2D eigenvalue weighted by molar-refractivity contribution is 5.95. The van der Waals surface area contributed by atoms with Gasteiger partial charge >= 0.3 is 6.09 Å². The Hall–Kier alpha value is -4.36. The number of fused-ring (bicyclic) bond motifs is 1. The van der Waals surface area contributed by atoms with Crippen molar-refractivity contribution in [3.05, 3.63) is 48.4 Å². The van der Waals surface area contributed by atoms with Gasteiger partial charge in [0, 0.05) is 24.4 Å². The third kappa shape index (κ3) is 5.33. The first kappa shape index (κ1) is 24.0. The van der Waals surface area contributed by atoms with Crippen LogP contribution in [-0.4, -0.2) is 77.3 Å². The second-order valence-corrected chi connectivity index (χ2v) is 9.02. The predicted molar refractivity (Wildman–Crippen MR) is 133 cm³/mol. The monoisotopic (exact) mass is 519 g/mol. The fourth-order valence-electron chi connectivity index (χ4n) is 4.21.